The van der Waals surface area contributed by atoms with Gasteiger partial charge >= 0.3 is 0 Å². The van der Waals surface area contributed by atoms with Crippen molar-refractivity contribution < 1.29 is 0 Å². The zero-order valence-electron chi connectivity index (χ0n) is 6.64. The summed E-state index contributed by atoms with van der Waals surface area (Å²) in [6, 6.07) is 4.06. The quantitative estimate of drug-likeness (QED) is 0.893. The van der Waals surface area contributed by atoms with E-state index >= 15 is 0 Å². The van der Waals surface area contributed by atoms with Crippen molar-refractivity contribution in [2.24, 2.45) is 0 Å². The molecule has 0 saturated heterocycles. The van der Waals surface area contributed by atoms with Crippen molar-refractivity contribution in [2.75, 3.05) is 5.73 Å². The molecular formula is C7H7BrN4S. The Balaban J connectivity index is 2.14. The van der Waals surface area contributed by atoms with Crippen molar-refractivity contribution in [1.29, 1.82) is 0 Å². The summed E-state index contributed by atoms with van der Waals surface area (Å²) < 4.78 is 2.84. The highest BCUT2D eigenvalue weighted by Gasteiger charge is 2.00. The summed E-state index contributed by atoms with van der Waals surface area (Å²) >= 11 is 5.08. The van der Waals surface area contributed by atoms with E-state index in [0.717, 1.165) is 10.3 Å². The Morgan fingerprint density at radius 3 is 2.92 bits per heavy atom. The zero-order valence-corrected chi connectivity index (χ0v) is 9.05. The van der Waals surface area contributed by atoms with E-state index in [-0.39, 0.29) is 0 Å². The van der Waals surface area contributed by atoms with Crippen LogP contribution >= 0.6 is 27.3 Å². The van der Waals surface area contributed by atoms with Crippen LogP contribution in [0.2, 0.25) is 0 Å². The average Bonchev–Trinajstić information content (AvgIpc) is 2.62. The number of nitrogens with two attached hydrogens (primary N) is 1. The third-order valence-corrected chi connectivity index (χ3v) is 3.11. The van der Waals surface area contributed by atoms with Crippen molar-refractivity contribution in [3.63, 3.8) is 0 Å². The van der Waals surface area contributed by atoms with Crippen molar-refractivity contribution in [3.05, 3.63) is 27.0 Å². The standard InChI is InChI=1S/C7H7BrN4S/c8-6-2-1-5(13-6)3-12-4-7(9)10-11-12/h1-2,4H,3,9H2. The second-order valence-electron chi connectivity index (χ2n) is 2.55. The average molecular weight is 259 g/mol. The van der Waals surface area contributed by atoms with Gasteiger partial charge in [0.1, 0.15) is 0 Å². The lowest BCUT2D eigenvalue weighted by molar-refractivity contribution is 0.656. The Morgan fingerprint density at radius 2 is 2.38 bits per heavy atom. The van der Waals surface area contributed by atoms with Crippen LogP contribution in [0.5, 0.6) is 0 Å². The maximum Gasteiger partial charge on any atom is 0.165 e. The molecule has 2 aromatic rings. The van der Waals surface area contributed by atoms with Crippen LogP contribution in [-0.4, -0.2) is 15.0 Å². The fourth-order valence-electron chi connectivity index (χ4n) is 0.987. The molecule has 2 rings (SSSR count). The molecule has 0 aliphatic rings. The SMILES string of the molecule is Nc1cn(Cc2ccc(Br)s2)nn1. The van der Waals surface area contributed by atoms with Gasteiger partial charge in [-0.3, -0.25) is 0 Å². The second-order valence-corrected chi connectivity index (χ2v) is 5.09. The lowest BCUT2D eigenvalue weighted by atomic mass is 10.5. The molecule has 0 atom stereocenters. The van der Waals surface area contributed by atoms with E-state index < -0.39 is 0 Å². The lowest BCUT2D eigenvalue weighted by Gasteiger charge is -1.94. The summed E-state index contributed by atoms with van der Waals surface area (Å²) in [6.45, 7) is 0.723. The molecule has 0 radical (unpaired) electrons. The van der Waals surface area contributed by atoms with Crippen molar-refractivity contribution in [3.8, 4) is 0 Å². The van der Waals surface area contributed by atoms with E-state index in [4.69, 9.17) is 5.73 Å². The number of halogens is 1. The first-order valence-electron chi connectivity index (χ1n) is 3.64. The van der Waals surface area contributed by atoms with Gasteiger partial charge in [-0.1, -0.05) is 5.21 Å². The molecule has 6 heteroatoms. The topological polar surface area (TPSA) is 56.7 Å². The summed E-state index contributed by atoms with van der Waals surface area (Å²) in [7, 11) is 0. The van der Waals surface area contributed by atoms with Crippen LogP contribution in [0.4, 0.5) is 5.82 Å². The van der Waals surface area contributed by atoms with E-state index in [1.807, 2.05) is 12.1 Å². The number of thiophene rings is 1. The Morgan fingerprint density at radius 1 is 1.54 bits per heavy atom. The molecule has 0 spiro atoms. The Bertz CT molecular complexity index is 370. The molecular weight excluding hydrogens is 252 g/mol. The number of hydrogen-bond donors (Lipinski definition) is 1. The van der Waals surface area contributed by atoms with Gasteiger partial charge in [-0.05, 0) is 28.1 Å². The van der Waals surface area contributed by atoms with Crippen LogP contribution in [0.3, 0.4) is 0 Å². The Kier molecular flexibility index (Phi) is 2.32. The predicted molar refractivity (Wildman–Crippen MR) is 55.6 cm³/mol. The fourth-order valence-corrected chi connectivity index (χ4v) is 2.46. The number of hydrogen-bond acceptors (Lipinski definition) is 4. The molecule has 0 fully saturated rings. The highest BCUT2D eigenvalue weighted by molar-refractivity contribution is 9.11. The smallest absolute Gasteiger partial charge is 0.165 e. The minimum absolute atomic E-state index is 0.454. The predicted octanol–water partition coefficient (Wildman–Crippen LogP) is 1.73. The number of nitrogen functional groups attached to an aromatic ring is 1. The van der Waals surface area contributed by atoms with Crippen molar-refractivity contribution >= 4 is 33.1 Å². The van der Waals surface area contributed by atoms with Gasteiger partial charge in [0, 0.05) is 4.88 Å². The number of rotatable bonds is 2. The third-order valence-electron chi connectivity index (χ3n) is 1.50. The van der Waals surface area contributed by atoms with Gasteiger partial charge in [0.05, 0.1) is 16.5 Å². The largest absolute Gasteiger partial charge is 0.381 e. The third kappa shape index (κ3) is 2.07. The van der Waals surface area contributed by atoms with E-state index in [0.29, 0.717) is 5.82 Å². The van der Waals surface area contributed by atoms with Crippen LogP contribution in [0.25, 0.3) is 0 Å². The van der Waals surface area contributed by atoms with E-state index in [9.17, 15) is 0 Å². The van der Waals surface area contributed by atoms with Gasteiger partial charge in [0.2, 0.25) is 0 Å². The van der Waals surface area contributed by atoms with Crippen LogP contribution in [0, 0.1) is 0 Å². The molecule has 2 heterocycles. The summed E-state index contributed by atoms with van der Waals surface area (Å²) in [5.74, 6) is 0.454. The van der Waals surface area contributed by atoms with Gasteiger partial charge < -0.3 is 5.73 Å². The fraction of sp³-hybridized carbons (Fsp3) is 0.143. The summed E-state index contributed by atoms with van der Waals surface area (Å²) in [5, 5.41) is 7.56. The molecule has 68 valence electrons. The lowest BCUT2D eigenvalue weighted by Crippen LogP contribution is -1.97. The van der Waals surface area contributed by atoms with Gasteiger partial charge in [0.25, 0.3) is 0 Å². The maximum atomic E-state index is 5.44. The minimum atomic E-state index is 0.454. The normalized spacial score (nSPS) is 10.5. The molecule has 2 N–H and O–H groups in total. The minimum Gasteiger partial charge on any atom is -0.381 e. The Labute approximate surface area is 87.5 Å². The first-order valence-corrected chi connectivity index (χ1v) is 5.25. The summed E-state index contributed by atoms with van der Waals surface area (Å²) in [5.41, 5.74) is 5.44. The highest BCUT2D eigenvalue weighted by Crippen LogP contribution is 2.22. The number of nitrogens with zero attached hydrogens (tertiary/aromatic N) is 3. The van der Waals surface area contributed by atoms with Crippen LogP contribution in [0.15, 0.2) is 22.1 Å². The molecule has 0 unspecified atom stereocenters. The van der Waals surface area contributed by atoms with E-state index in [1.54, 1.807) is 22.2 Å². The van der Waals surface area contributed by atoms with Crippen molar-refractivity contribution in [1.82, 2.24) is 15.0 Å². The Hall–Kier alpha value is -0.880. The molecule has 0 aliphatic heterocycles. The summed E-state index contributed by atoms with van der Waals surface area (Å²) in [4.78, 5) is 1.22. The molecule has 0 aromatic carbocycles. The molecule has 4 nitrogen and oxygen atoms in total. The monoisotopic (exact) mass is 258 g/mol. The zero-order chi connectivity index (χ0) is 9.26. The first-order chi connectivity index (χ1) is 6.24. The molecule has 13 heavy (non-hydrogen) atoms. The maximum absolute atomic E-state index is 5.44. The van der Waals surface area contributed by atoms with Crippen LogP contribution in [-0.2, 0) is 6.54 Å². The van der Waals surface area contributed by atoms with E-state index in [1.165, 1.54) is 4.88 Å². The van der Waals surface area contributed by atoms with Crippen LogP contribution < -0.4 is 5.73 Å². The number of anilines is 1. The van der Waals surface area contributed by atoms with Gasteiger partial charge in [-0.2, -0.15) is 0 Å². The summed E-state index contributed by atoms with van der Waals surface area (Å²) in [6.07, 6.45) is 1.72. The molecule has 0 amide bonds. The molecule has 0 bridgehead atoms. The highest BCUT2D eigenvalue weighted by atomic mass is 79.9. The van der Waals surface area contributed by atoms with Gasteiger partial charge in [-0.15, -0.1) is 16.4 Å². The van der Waals surface area contributed by atoms with Gasteiger partial charge in [-0.25, -0.2) is 4.68 Å². The first kappa shape index (κ1) is 8.71. The van der Waals surface area contributed by atoms with Crippen molar-refractivity contribution in [2.45, 2.75) is 6.54 Å². The molecule has 0 saturated carbocycles. The second kappa shape index (κ2) is 3.47. The number of aromatic nitrogens is 3. The van der Waals surface area contributed by atoms with Gasteiger partial charge in [0.15, 0.2) is 5.82 Å². The molecule has 0 aliphatic carbocycles. The molecule has 2 aromatic heterocycles. The van der Waals surface area contributed by atoms with Crippen LogP contribution in [0.1, 0.15) is 4.88 Å². The van der Waals surface area contributed by atoms with E-state index in [2.05, 4.69) is 26.2 Å².